The van der Waals surface area contributed by atoms with Gasteiger partial charge in [-0.15, -0.1) is 0 Å². The van der Waals surface area contributed by atoms with E-state index in [1.807, 2.05) is 12.1 Å². The van der Waals surface area contributed by atoms with Crippen molar-refractivity contribution in [2.45, 2.75) is 19.6 Å². The Hall–Kier alpha value is -3.15. The van der Waals surface area contributed by atoms with Crippen molar-refractivity contribution in [2.24, 2.45) is 0 Å². The summed E-state index contributed by atoms with van der Waals surface area (Å²) in [6.45, 7) is 1.85. The second kappa shape index (κ2) is 7.61. The van der Waals surface area contributed by atoms with Crippen LogP contribution in [0.15, 0.2) is 65.5 Å². The van der Waals surface area contributed by atoms with E-state index in [4.69, 9.17) is 9.15 Å². The SMILES string of the molecule is C[C@@H](Oc1ccccc1F)C(=O)NCc1cncc(-c2ccco2)c1. The number of carbonyl (C=O) groups is 1. The summed E-state index contributed by atoms with van der Waals surface area (Å²) in [6.07, 6.45) is 4.12. The normalized spacial score (nSPS) is 11.8. The van der Waals surface area contributed by atoms with E-state index < -0.39 is 11.9 Å². The van der Waals surface area contributed by atoms with E-state index >= 15 is 0 Å². The van der Waals surface area contributed by atoms with E-state index in [1.54, 1.807) is 43.8 Å². The number of rotatable bonds is 6. The van der Waals surface area contributed by atoms with Gasteiger partial charge in [0.25, 0.3) is 5.91 Å². The largest absolute Gasteiger partial charge is 0.478 e. The van der Waals surface area contributed by atoms with Crippen LogP contribution in [0, 0.1) is 5.82 Å². The molecule has 0 aliphatic carbocycles. The number of benzene rings is 1. The number of furan rings is 1. The lowest BCUT2D eigenvalue weighted by Crippen LogP contribution is -2.36. The van der Waals surface area contributed by atoms with Gasteiger partial charge < -0.3 is 14.5 Å². The molecule has 0 fully saturated rings. The molecule has 128 valence electrons. The van der Waals surface area contributed by atoms with Crippen molar-refractivity contribution in [1.82, 2.24) is 10.3 Å². The summed E-state index contributed by atoms with van der Waals surface area (Å²) in [6, 6.07) is 11.5. The molecule has 0 saturated heterocycles. The summed E-state index contributed by atoms with van der Waals surface area (Å²) in [5.41, 5.74) is 1.65. The molecule has 1 aromatic carbocycles. The Kier molecular flexibility index (Phi) is 5.09. The predicted molar refractivity (Wildman–Crippen MR) is 90.3 cm³/mol. The average Bonchev–Trinajstić information content (AvgIpc) is 3.16. The molecule has 0 spiro atoms. The Morgan fingerprint density at radius 2 is 2.12 bits per heavy atom. The number of amides is 1. The number of para-hydroxylation sites is 1. The smallest absolute Gasteiger partial charge is 0.261 e. The average molecular weight is 340 g/mol. The van der Waals surface area contributed by atoms with Crippen molar-refractivity contribution in [1.29, 1.82) is 0 Å². The highest BCUT2D eigenvalue weighted by Crippen LogP contribution is 2.20. The highest BCUT2D eigenvalue weighted by atomic mass is 19.1. The van der Waals surface area contributed by atoms with Crippen LogP contribution in [0.4, 0.5) is 4.39 Å². The molecule has 6 heteroatoms. The molecule has 0 aliphatic heterocycles. The molecule has 1 atom stereocenters. The van der Waals surface area contributed by atoms with Crippen LogP contribution in [-0.2, 0) is 11.3 Å². The molecule has 0 bridgehead atoms. The fourth-order valence-electron chi connectivity index (χ4n) is 2.28. The second-order valence-electron chi connectivity index (χ2n) is 5.47. The van der Waals surface area contributed by atoms with Gasteiger partial charge in [-0.25, -0.2) is 4.39 Å². The molecule has 2 heterocycles. The third-order valence-electron chi connectivity index (χ3n) is 3.58. The summed E-state index contributed by atoms with van der Waals surface area (Å²) >= 11 is 0. The Balaban J connectivity index is 1.59. The molecule has 5 nitrogen and oxygen atoms in total. The molecule has 3 rings (SSSR count). The fraction of sp³-hybridized carbons (Fsp3) is 0.158. The first kappa shape index (κ1) is 16.7. The van der Waals surface area contributed by atoms with Gasteiger partial charge in [-0.05, 0) is 42.8 Å². The van der Waals surface area contributed by atoms with Crippen LogP contribution >= 0.6 is 0 Å². The van der Waals surface area contributed by atoms with Gasteiger partial charge in [0, 0.05) is 24.5 Å². The van der Waals surface area contributed by atoms with Crippen LogP contribution < -0.4 is 10.1 Å². The van der Waals surface area contributed by atoms with E-state index in [-0.39, 0.29) is 18.2 Å². The van der Waals surface area contributed by atoms with Gasteiger partial charge in [-0.3, -0.25) is 9.78 Å². The van der Waals surface area contributed by atoms with Gasteiger partial charge in [-0.2, -0.15) is 0 Å². The summed E-state index contributed by atoms with van der Waals surface area (Å²) in [7, 11) is 0. The molecule has 0 aliphatic rings. The van der Waals surface area contributed by atoms with E-state index in [0.717, 1.165) is 11.1 Å². The van der Waals surface area contributed by atoms with Crippen molar-refractivity contribution < 1.29 is 18.3 Å². The number of pyridine rings is 1. The lowest BCUT2D eigenvalue weighted by molar-refractivity contribution is -0.127. The van der Waals surface area contributed by atoms with Crippen LogP contribution in [0.5, 0.6) is 5.75 Å². The first-order valence-electron chi connectivity index (χ1n) is 7.80. The maximum Gasteiger partial charge on any atom is 0.261 e. The monoisotopic (exact) mass is 340 g/mol. The minimum Gasteiger partial charge on any atom is -0.478 e. The van der Waals surface area contributed by atoms with Gasteiger partial charge in [0.05, 0.1) is 6.26 Å². The summed E-state index contributed by atoms with van der Waals surface area (Å²) in [5, 5.41) is 2.75. The first-order chi connectivity index (χ1) is 12.1. The zero-order chi connectivity index (χ0) is 17.6. The number of nitrogens with one attached hydrogen (secondary N) is 1. The number of aromatic nitrogens is 1. The Morgan fingerprint density at radius 1 is 1.28 bits per heavy atom. The van der Waals surface area contributed by atoms with Gasteiger partial charge >= 0.3 is 0 Å². The minimum atomic E-state index is -0.821. The van der Waals surface area contributed by atoms with Crippen molar-refractivity contribution in [2.75, 3.05) is 0 Å². The first-order valence-corrected chi connectivity index (χ1v) is 7.80. The maximum atomic E-state index is 13.6. The zero-order valence-electron chi connectivity index (χ0n) is 13.6. The van der Waals surface area contributed by atoms with Crippen molar-refractivity contribution in [3.8, 4) is 17.1 Å². The highest BCUT2D eigenvalue weighted by molar-refractivity contribution is 5.80. The number of halogens is 1. The van der Waals surface area contributed by atoms with Crippen molar-refractivity contribution in [3.63, 3.8) is 0 Å². The highest BCUT2D eigenvalue weighted by Gasteiger charge is 2.16. The van der Waals surface area contributed by atoms with Gasteiger partial charge in [0.2, 0.25) is 0 Å². The molecule has 0 radical (unpaired) electrons. The quantitative estimate of drug-likeness (QED) is 0.745. The number of carbonyl (C=O) groups excluding carboxylic acids is 1. The lowest BCUT2D eigenvalue weighted by atomic mass is 10.1. The van der Waals surface area contributed by atoms with Crippen molar-refractivity contribution in [3.05, 3.63) is 72.5 Å². The van der Waals surface area contributed by atoms with Crippen molar-refractivity contribution >= 4 is 5.91 Å². The van der Waals surface area contributed by atoms with Crippen LogP contribution in [0.25, 0.3) is 11.3 Å². The number of nitrogens with zero attached hydrogens (tertiary/aromatic N) is 1. The summed E-state index contributed by atoms with van der Waals surface area (Å²) < 4.78 is 24.3. The predicted octanol–water partition coefficient (Wildman–Crippen LogP) is 3.56. The van der Waals surface area contributed by atoms with Crippen LogP contribution in [0.2, 0.25) is 0 Å². The molecular weight excluding hydrogens is 323 g/mol. The van der Waals surface area contributed by atoms with Crippen LogP contribution in [-0.4, -0.2) is 17.0 Å². The fourth-order valence-corrected chi connectivity index (χ4v) is 2.28. The minimum absolute atomic E-state index is 0.0478. The van der Waals surface area contributed by atoms with E-state index in [9.17, 15) is 9.18 Å². The van der Waals surface area contributed by atoms with Gasteiger partial charge in [0.1, 0.15) is 5.76 Å². The Morgan fingerprint density at radius 3 is 2.88 bits per heavy atom. The van der Waals surface area contributed by atoms with Crippen LogP contribution in [0.1, 0.15) is 12.5 Å². The number of hydrogen-bond donors (Lipinski definition) is 1. The molecule has 0 saturated carbocycles. The van der Waals surface area contributed by atoms with E-state index in [2.05, 4.69) is 10.3 Å². The van der Waals surface area contributed by atoms with E-state index in [0.29, 0.717) is 5.76 Å². The Labute approximate surface area is 144 Å². The molecule has 0 unspecified atom stereocenters. The third kappa shape index (κ3) is 4.23. The molecule has 1 N–H and O–H groups in total. The van der Waals surface area contributed by atoms with Gasteiger partial charge in [0.15, 0.2) is 17.7 Å². The molecule has 2 aromatic heterocycles. The van der Waals surface area contributed by atoms with Crippen LogP contribution in [0.3, 0.4) is 0 Å². The molecule has 1 amide bonds. The Bertz CT molecular complexity index is 849. The summed E-state index contributed by atoms with van der Waals surface area (Å²) in [5.74, 6) is -0.0901. The second-order valence-corrected chi connectivity index (χ2v) is 5.47. The third-order valence-corrected chi connectivity index (χ3v) is 3.58. The molecule has 3 aromatic rings. The number of ether oxygens (including phenoxy) is 1. The van der Waals surface area contributed by atoms with Gasteiger partial charge in [-0.1, -0.05) is 12.1 Å². The summed E-state index contributed by atoms with van der Waals surface area (Å²) in [4.78, 5) is 16.3. The van der Waals surface area contributed by atoms with E-state index in [1.165, 1.54) is 12.1 Å². The molecular formula is C19H17FN2O3. The molecule has 25 heavy (non-hydrogen) atoms. The zero-order valence-corrected chi connectivity index (χ0v) is 13.6. The lowest BCUT2D eigenvalue weighted by Gasteiger charge is -2.15. The standard InChI is InChI=1S/C19H17FN2O3/c1-13(25-18-6-3-2-5-16(18)20)19(23)22-11-14-9-15(12-21-10-14)17-7-4-8-24-17/h2-10,12-13H,11H2,1H3,(H,22,23)/t13-/m1/s1. The topological polar surface area (TPSA) is 64.4 Å². The number of hydrogen-bond acceptors (Lipinski definition) is 4. The maximum absolute atomic E-state index is 13.6.